The predicted octanol–water partition coefficient (Wildman–Crippen LogP) is 1.13. The summed E-state index contributed by atoms with van der Waals surface area (Å²) in [5, 5.41) is 11.9. The van der Waals surface area contributed by atoms with Gasteiger partial charge in [0, 0.05) is 11.4 Å². The van der Waals surface area contributed by atoms with Crippen LogP contribution < -0.4 is 10.2 Å². The van der Waals surface area contributed by atoms with Gasteiger partial charge < -0.3 is 15.2 Å². The maximum absolute atomic E-state index is 12.1. The smallest absolute Gasteiger partial charge is 0.414 e. The van der Waals surface area contributed by atoms with Crippen LogP contribution in [0.5, 0.6) is 0 Å². The van der Waals surface area contributed by atoms with Crippen molar-refractivity contribution in [3.63, 3.8) is 0 Å². The van der Waals surface area contributed by atoms with Crippen molar-refractivity contribution < 1.29 is 24.2 Å². The van der Waals surface area contributed by atoms with E-state index in [4.69, 9.17) is 9.84 Å². The quantitative estimate of drug-likeness (QED) is 0.838. The molecule has 1 atom stereocenters. The van der Waals surface area contributed by atoms with Crippen molar-refractivity contribution >= 4 is 29.3 Å². The van der Waals surface area contributed by atoms with Gasteiger partial charge in [0.25, 0.3) is 0 Å². The van der Waals surface area contributed by atoms with Crippen LogP contribution in [0.15, 0.2) is 24.3 Å². The zero-order valence-corrected chi connectivity index (χ0v) is 13.1. The summed E-state index contributed by atoms with van der Waals surface area (Å²) in [6, 6.07) is 6.30. The van der Waals surface area contributed by atoms with Crippen LogP contribution in [0, 0.1) is 0 Å². The van der Waals surface area contributed by atoms with Gasteiger partial charge >= 0.3 is 12.1 Å². The maximum Gasteiger partial charge on any atom is 0.414 e. The largest absolute Gasteiger partial charge is 0.480 e. The number of nitrogens with zero attached hydrogens (tertiary/aromatic N) is 2. The first kappa shape index (κ1) is 16.3. The summed E-state index contributed by atoms with van der Waals surface area (Å²) in [5.74, 6) is -1.14. The fourth-order valence-electron chi connectivity index (χ4n) is 3.03. The minimum Gasteiger partial charge on any atom is -0.480 e. The van der Waals surface area contributed by atoms with Crippen LogP contribution in [0.25, 0.3) is 0 Å². The molecule has 8 nitrogen and oxygen atoms in total. The zero-order valence-electron chi connectivity index (χ0n) is 13.1. The lowest BCUT2D eigenvalue weighted by Gasteiger charge is -2.20. The second kappa shape index (κ2) is 6.88. The first-order valence-corrected chi connectivity index (χ1v) is 7.85. The first-order valence-electron chi connectivity index (χ1n) is 7.85. The van der Waals surface area contributed by atoms with Crippen LogP contribution >= 0.6 is 0 Å². The number of carboxylic acid groups (broad SMARTS) is 1. The van der Waals surface area contributed by atoms with Gasteiger partial charge in [-0.3, -0.25) is 19.4 Å². The molecule has 2 saturated heterocycles. The number of cyclic esters (lactones) is 1. The number of carbonyl (C=O) groups is 3. The SMILES string of the molecule is O=C(CN1CCCC1C(=O)O)Nc1ccc(N2CCOC2=O)cc1. The number of benzene rings is 1. The van der Waals surface area contributed by atoms with Crippen molar-refractivity contribution in [2.45, 2.75) is 18.9 Å². The third-order valence-corrected chi connectivity index (χ3v) is 4.22. The van der Waals surface area contributed by atoms with Gasteiger partial charge in [-0.1, -0.05) is 0 Å². The molecule has 8 heteroatoms. The molecule has 1 unspecified atom stereocenters. The van der Waals surface area contributed by atoms with Crippen LogP contribution in [0.4, 0.5) is 16.2 Å². The van der Waals surface area contributed by atoms with Crippen LogP contribution in [-0.4, -0.2) is 60.3 Å². The van der Waals surface area contributed by atoms with E-state index in [-0.39, 0.29) is 18.5 Å². The molecule has 0 bridgehead atoms. The van der Waals surface area contributed by atoms with E-state index in [9.17, 15) is 14.4 Å². The molecule has 0 aromatic heterocycles. The Labute approximate surface area is 139 Å². The highest BCUT2D eigenvalue weighted by Crippen LogP contribution is 2.21. The highest BCUT2D eigenvalue weighted by molar-refractivity contribution is 5.93. The normalized spacial score (nSPS) is 20.9. The molecule has 2 heterocycles. The fraction of sp³-hybridized carbons (Fsp3) is 0.438. The molecule has 3 rings (SSSR count). The molecular formula is C16H19N3O5. The molecule has 1 aromatic rings. The standard InChI is InChI=1S/C16H19N3O5/c20-14(10-18-7-1-2-13(18)15(21)22)17-11-3-5-12(6-4-11)19-8-9-24-16(19)23/h3-6,13H,1-2,7-10H2,(H,17,20)(H,21,22). The Morgan fingerprint density at radius 2 is 2.00 bits per heavy atom. The lowest BCUT2D eigenvalue weighted by molar-refractivity contribution is -0.142. The van der Waals surface area contributed by atoms with Crippen LogP contribution in [0.3, 0.4) is 0 Å². The molecule has 0 saturated carbocycles. The fourth-order valence-corrected chi connectivity index (χ4v) is 3.03. The molecule has 0 spiro atoms. The lowest BCUT2D eigenvalue weighted by Crippen LogP contribution is -2.40. The van der Waals surface area contributed by atoms with Crippen LogP contribution in [0.1, 0.15) is 12.8 Å². The first-order chi connectivity index (χ1) is 11.5. The van der Waals surface area contributed by atoms with Crippen molar-refractivity contribution in [2.75, 3.05) is 36.5 Å². The van der Waals surface area contributed by atoms with E-state index in [0.29, 0.717) is 37.5 Å². The van der Waals surface area contributed by atoms with Gasteiger partial charge in [0.15, 0.2) is 0 Å². The van der Waals surface area contributed by atoms with Gasteiger partial charge in [-0.25, -0.2) is 4.79 Å². The van der Waals surface area contributed by atoms with Crippen LogP contribution in [-0.2, 0) is 14.3 Å². The van der Waals surface area contributed by atoms with Crippen molar-refractivity contribution in [1.29, 1.82) is 0 Å². The van der Waals surface area contributed by atoms with Gasteiger partial charge in [-0.05, 0) is 43.7 Å². The molecular weight excluding hydrogens is 314 g/mol. The monoisotopic (exact) mass is 333 g/mol. The number of likely N-dealkylation sites (tertiary alicyclic amines) is 1. The summed E-state index contributed by atoms with van der Waals surface area (Å²) in [6.45, 7) is 1.55. The van der Waals surface area contributed by atoms with E-state index in [1.54, 1.807) is 29.2 Å². The highest BCUT2D eigenvalue weighted by Gasteiger charge is 2.31. The van der Waals surface area contributed by atoms with Crippen LogP contribution in [0.2, 0.25) is 0 Å². The Morgan fingerprint density at radius 1 is 1.25 bits per heavy atom. The number of nitrogens with one attached hydrogen (secondary N) is 1. The summed E-state index contributed by atoms with van der Waals surface area (Å²) < 4.78 is 4.88. The average Bonchev–Trinajstić information content (AvgIpc) is 3.17. The molecule has 2 aliphatic heterocycles. The van der Waals surface area contributed by atoms with Crippen molar-refractivity contribution in [3.8, 4) is 0 Å². The third kappa shape index (κ3) is 3.48. The Bertz CT molecular complexity index is 646. The summed E-state index contributed by atoms with van der Waals surface area (Å²) in [4.78, 5) is 37.9. The number of aliphatic carboxylic acids is 1. The predicted molar refractivity (Wildman–Crippen MR) is 86.0 cm³/mol. The number of amides is 2. The van der Waals surface area contributed by atoms with Crippen molar-refractivity contribution in [2.24, 2.45) is 0 Å². The maximum atomic E-state index is 12.1. The summed E-state index contributed by atoms with van der Waals surface area (Å²) >= 11 is 0. The summed E-state index contributed by atoms with van der Waals surface area (Å²) in [7, 11) is 0. The summed E-state index contributed by atoms with van der Waals surface area (Å²) in [5.41, 5.74) is 1.31. The van der Waals surface area contributed by atoms with E-state index in [0.717, 1.165) is 6.42 Å². The molecule has 2 N–H and O–H groups in total. The Morgan fingerprint density at radius 3 is 2.62 bits per heavy atom. The zero-order chi connectivity index (χ0) is 17.1. The molecule has 2 aliphatic rings. The van der Waals surface area contributed by atoms with E-state index < -0.39 is 12.0 Å². The molecule has 1 aromatic carbocycles. The van der Waals surface area contributed by atoms with Gasteiger partial charge in [0.1, 0.15) is 12.6 Å². The number of carbonyl (C=O) groups excluding carboxylic acids is 2. The lowest BCUT2D eigenvalue weighted by atomic mass is 10.2. The molecule has 2 fully saturated rings. The van der Waals surface area contributed by atoms with Crippen molar-refractivity contribution in [1.82, 2.24) is 4.90 Å². The van der Waals surface area contributed by atoms with Crippen molar-refractivity contribution in [3.05, 3.63) is 24.3 Å². The van der Waals surface area contributed by atoms with E-state index in [1.807, 2.05) is 0 Å². The van der Waals surface area contributed by atoms with Gasteiger partial charge in [0.05, 0.1) is 13.1 Å². The minimum absolute atomic E-state index is 0.0527. The Hall–Kier alpha value is -2.61. The second-order valence-corrected chi connectivity index (χ2v) is 5.83. The molecule has 0 radical (unpaired) electrons. The second-order valence-electron chi connectivity index (χ2n) is 5.83. The van der Waals surface area contributed by atoms with Gasteiger partial charge in [0.2, 0.25) is 5.91 Å². The molecule has 2 amide bonds. The molecule has 0 aliphatic carbocycles. The van der Waals surface area contributed by atoms with E-state index >= 15 is 0 Å². The number of ether oxygens (including phenoxy) is 1. The Kier molecular flexibility index (Phi) is 4.66. The number of rotatable bonds is 5. The number of carboxylic acids is 1. The minimum atomic E-state index is -0.887. The van der Waals surface area contributed by atoms with Gasteiger partial charge in [-0.15, -0.1) is 0 Å². The van der Waals surface area contributed by atoms with E-state index in [1.165, 1.54) is 4.90 Å². The summed E-state index contributed by atoms with van der Waals surface area (Å²) in [6.07, 6.45) is 0.981. The number of hydrogen-bond acceptors (Lipinski definition) is 5. The Balaban J connectivity index is 1.56. The number of hydrogen-bond donors (Lipinski definition) is 2. The average molecular weight is 333 g/mol. The third-order valence-electron chi connectivity index (χ3n) is 4.22. The van der Waals surface area contributed by atoms with Gasteiger partial charge in [-0.2, -0.15) is 0 Å². The number of anilines is 2. The molecule has 128 valence electrons. The molecule has 24 heavy (non-hydrogen) atoms. The topological polar surface area (TPSA) is 99.2 Å². The highest BCUT2D eigenvalue weighted by atomic mass is 16.6. The van der Waals surface area contributed by atoms with E-state index in [2.05, 4.69) is 5.32 Å².